The Morgan fingerprint density at radius 3 is 2.10 bits per heavy atom. The van der Waals surface area contributed by atoms with E-state index in [4.69, 9.17) is 4.74 Å². The number of carbonyl (C=O) groups excluding carboxylic acids is 1. The lowest BCUT2D eigenvalue weighted by atomic mass is 9.77. The van der Waals surface area contributed by atoms with Crippen LogP contribution < -0.4 is 0 Å². The third-order valence-corrected chi connectivity index (χ3v) is 6.58. The highest BCUT2D eigenvalue weighted by molar-refractivity contribution is 9.10. The molecule has 0 bridgehead atoms. The Labute approximate surface area is 179 Å². The van der Waals surface area contributed by atoms with Crippen molar-refractivity contribution in [1.82, 2.24) is 0 Å². The minimum absolute atomic E-state index is 0.0280. The number of methoxy groups -OCH3 is 1. The van der Waals surface area contributed by atoms with Gasteiger partial charge in [-0.2, -0.15) is 0 Å². The van der Waals surface area contributed by atoms with Crippen LogP contribution in [0.2, 0.25) is 0 Å². The molecule has 1 aliphatic rings. The third kappa shape index (κ3) is 3.63. The summed E-state index contributed by atoms with van der Waals surface area (Å²) < 4.78 is 6.20. The fourth-order valence-corrected chi connectivity index (χ4v) is 5.01. The van der Waals surface area contributed by atoms with Gasteiger partial charge >= 0.3 is 5.97 Å². The normalized spacial score (nSPS) is 26.2. The van der Waals surface area contributed by atoms with E-state index in [1.165, 1.54) is 7.11 Å². The molecule has 1 fully saturated rings. The summed E-state index contributed by atoms with van der Waals surface area (Å²) in [6, 6.07) is 27.6. The zero-order chi connectivity index (χ0) is 20.4. The molecule has 29 heavy (non-hydrogen) atoms. The van der Waals surface area contributed by atoms with Crippen LogP contribution in [0.3, 0.4) is 0 Å². The zero-order valence-electron chi connectivity index (χ0n) is 16.2. The van der Waals surface area contributed by atoms with Gasteiger partial charge in [-0.3, -0.25) is 4.79 Å². The third-order valence-electron chi connectivity index (χ3n) is 6.05. The van der Waals surface area contributed by atoms with Gasteiger partial charge in [0.15, 0.2) is 0 Å². The minimum Gasteiger partial charge on any atom is -0.469 e. The Bertz CT molecular complexity index is 972. The van der Waals surface area contributed by atoms with Gasteiger partial charge in [-0.15, -0.1) is 0 Å². The van der Waals surface area contributed by atoms with Gasteiger partial charge in [-0.05, 0) is 41.2 Å². The smallest absolute Gasteiger partial charge is 0.312 e. The number of ether oxygens (including phenoxy) is 1. The number of benzene rings is 3. The van der Waals surface area contributed by atoms with Gasteiger partial charge in [0.1, 0.15) is 5.60 Å². The molecule has 1 N–H and O–H groups in total. The van der Waals surface area contributed by atoms with Crippen LogP contribution in [0, 0.1) is 5.92 Å². The van der Waals surface area contributed by atoms with Crippen LogP contribution >= 0.6 is 15.9 Å². The molecule has 0 unspecified atom stereocenters. The predicted octanol–water partition coefficient (Wildman–Crippen LogP) is 5.40. The van der Waals surface area contributed by atoms with Crippen LogP contribution in [0.1, 0.15) is 34.9 Å². The second kappa shape index (κ2) is 8.13. The number of esters is 1. The predicted molar refractivity (Wildman–Crippen MR) is 117 cm³/mol. The van der Waals surface area contributed by atoms with Gasteiger partial charge in [0.25, 0.3) is 0 Å². The van der Waals surface area contributed by atoms with Crippen molar-refractivity contribution in [2.24, 2.45) is 5.92 Å². The van der Waals surface area contributed by atoms with E-state index in [0.29, 0.717) is 6.42 Å². The zero-order valence-corrected chi connectivity index (χ0v) is 17.7. The van der Waals surface area contributed by atoms with Gasteiger partial charge in [-0.1, -0.05) is 88.7 Å². The van der Waals surface area contributed by atoms with E-state index >= 15 is 0 Å². The molecule has 3 aromatic rings. The van der Waals surface area contributed by atoms with Crippen LogP contribution in [-0.2, 0) is 15.1 Å². The lowest BCUT2D eigenvalue weighted by molar-refractivity contribution is -0.155. The van der Waals surface area contributed by atoms with Gasteiger partial charge in [0.2, 0.25) is 0 Å². The highest BCUT2D eigenvalue weighted by atomic mass is 79.9. The van der Waals surface area contributed by atoms with Gasteiger partial charge in [-0.25, -0.2) is 0 Å². The largest absolute Gasteiger partial charge is 0.469 e. The first kappa shape index (κ1) is 19.9. The molecule has 3 aromatic carbocycles. The summed E-state index contributed by atoms with van der Waals surface area (Å²) in [4.78, 5) is 13.0. The number of hydrogen-bond acceptors (Lipinski definition) is 3. The number of hydrogen-bond donors (Lipinski definition) is 1. The molecule has 4 atom stereocenters. The molecule has 1 aliphatic carbocycles. The fraction of sp³-hybridized carbons (Fsp3) is 0.240. The average Bonchev–Trinajstić information content (AvgIpc) is 3.09. The molecule has 0 spiro atoms. The molecule has 3 nitrogen and oxygen atoms in total. The first-order valence-corrected chi connectivity index (χ1v) is 10.5. The topological polar surface area (TPSA) is 46.5 Å². The minimum atomic E-state index is -1.31. The first-order chi connectivity index (χ1) is 14.0. The first-order valence-electron chi connectivity index (χ1n) is 9.70. The second-order valence-electron chi connectivity index (χ2n) is 7.59. The monoisotopic (exact) mass is 450 g/mol. The second-order valence-corrected chi connectivity index (χ2v) is 8.51. The molecule has 0 heterocycles. The molecular formula is C25H23BrO3. The molecule has 4 heteroatoms. The maximum Gasteiger partial charge on any atom is 0.312 e. The Morgan fingerprint density at radius 2 is 1.52 bits per heavy atom. The fourth-order valence-electron chi connectivity index (χ4n) is 4.75. The summed E-state index contributed by atoms with van der Waals surface area (Å²) in [6.07, 6.45) is 0.442. The van der Waals surface area contributed by atoms with E-state index in [0.717, 1.165) is 21.2 Å². The van der Waals surface area contributed by atoms with Gasteiger partial charge in [0.05, 0.1) is 13.0 Å². The van der Waals surface area contributed by atoms with E-state index in [1.807, 2.05) is 72.8 Å². The average molecular weight is 451 g/mol. The van der Waals surface area contributed by atoms with Crippen LogP contribution in [-0.4, -0.2) is 18.2 Å². The summed E-state index contributed by atoms with van der Waals surface area (Å²) in [5.74, 6) is -1.31. The highest BCUT2D eigenvalue weighted by Crippen LogP contribution is 2.58. The maximum absolute atomic E-state index is 13.0. The van der Waals surface area contributed by atoms with Crippen molar-refractivity contribution in [2.45, 2.75) is 23.9 Å². The maximum atomic E-state index is 13.0. The SMILES string of the molecule is COC(=O)[C@H]1[C@H](c2ccccc2)[C@@H](c2ccc(Br)cc2)C[C@@]1(O)c1ccccc1. The quantitative estimate of drug-likeness (QED) is 0.541. The molecule has 0 aromatic heterocycles. The van der Waals surface area contributed by atoms with E-state index in [2.05, 4.69) is 28.1 Å². The van der Waals surface area contributed by atoms with E-state index in [9.17, 15) is 9.90 Å². The summed E-state index contributed by atoms with van der Waals surface area (Å²) in [5.41, 5.74) is 1.56. The van der Waals surface area contributed by atoms with Crippen LogP contribution in [0.5, 0.6) is 0 Å². The van der Waals surface area contributed by atoms with Gasteiger partial charge < -0.3 is 9.84 Å². The standard InChI is InChI=1S/C25H23BrO3/c1-29-24(27)23-22(18-8-4-2-5-9-18)21(17-12-14-20(26)15-13-17)16-25(23,28)19-10-6-3-7-11-19/h2-15,21-23,28H,16H2,1H3/t21-,22-,23-,25-/m1/s1. The highest BCUT2D eigenvalue weighted by Gasteiger charge is 2.58. The number of halogens is 1. The number of rotatable bonds is 4. The molecule has 4 rings (SSSR count). The Kier molecular flexibility index (Phi) is 5.57. The van der Waals surface area contributed by atoms with E-state index < -0.39 is 11.5 Å². The van der Waals surface area contributed by atoms with Crippen molar-refractivity contribution in [3.05, 3.63) is 106 Å². The van der Waals surface area contributed by atoms with Crippen molar-refractivity contribution in [2.75, 3.05) is 7.11 Å². The number of aliphatic hydroxyl groups is 1. The van der Waals surface area contributed by atoms with Crippen LogP contribution in [0.15, 0.2) is 89.4 Å². The molecule has 0 radical (unpaired) electrons. The molecule has 148 valence electrons. The van der Waals surface area contributed by atoms with E-state index in [-0.39, 0.29) is 17.8 Å². The van der Waals surface area contributed by atoms with Crippen LogP contribution in [0.25, 0.3) is 0 Å². The molecular weight excluding hydrogens is 428 g/mol. The molecule has 0 saturated heterocycles. The van der Waals surface area contributed by atoms with Crippen molar-refractivity contribution >= 4 is 21.9 Å². The van der Waals surface area contributed by atoms with E-state index in [1.54, 1.807) is 0 Å². The summed E-state index contributed by atoms with van der Waals surface area (Å²) in [5, 5.41) is 11.9. The van der Waals surface area contributed by atoms with Crippen molar-refractivity contribution < 1.29 is 14.6 Å². The Hall–Kier alpha value is -2.43. The Balaban J connectivity index is 1.90. The Morgan fingerprint density at radius 1 is 0.931 bits per heavy atom. The molecule has 0 aliphatic heterocycles. The van der Waals surface area contributed by atoms with Gasteiger partial charge in [0, 0.05) is 10.4 Å². The lowest BCUT2D eigenvalue weighted by Gasteiger charge is -2.31. The molecule has 0 amide bonds. The lowest BCUT2D eigenvalue weighted by Crippen LogP contribution is -2.38. The summed E-state index contributed by atoms with van der Waals surface area (Å²) in [6.45, 7) is 0. The molecule has 1 saturated carbocycles. The number of carbonyl (C=O) groups is 1. The summed E-state index contributed by atoms with van der Waals surface area (Å²) in [7, 11) is 1.39. The van der Waals surface area contributed by atoms with Crippen molar-refractivity contribution in [3.8, 4) is 0 Å². The van der Waals surface area contributed by atoms with Crippen molar-refractivity contribution in [1.29, 1.82) is 0 Å². The summed E-state index contributed by atoms with van der Waals surface area (Å²) >= 11 is 3.50. The van der Waals surface area contributed by atoms with Crippen LogP contribution in [0.4, 0.5) is 0 Å². The van der Waals surface area contributed by atoms with Crippen molar-refractivity contribution in [3.63, 3.8) is 0 Å².